The molecule has 1 aromatic rings. The van der Waals surface area contributed by atoms with E-state index in [1.54, 1.807) is 18.2 Å². The first-order chi connectivity index (χ1) is 8.52. The van der Waals surface area contributed by atoms with Gasteiger partial charge in [0.15, 0.2) is 0 Å². The second-order valence-corrected chi connectivity index (χ2v) is 4.78. The van der Waals surface area contributed by atoms with Crippen molar-refractivity contribution >= 4 is 29.1 Å². The molecule has 0 unspecified atom stereocenters. The second kappa shape index (κ2) is 7.39. The van der Waals surface area contributed by atoms with Crippen LogP contribution in [0.2, 0.25) is 0 Å². The summed E-state index contributed by atoms with van der Waals surface area (Å²) in [6.07, 6.45) is 1.80. The van der Waals surface area contributed by atoms with Crippen molar-refractivity contribution in [2.24, 2.45) is 0 Å². The van der Waals surface area contributed by atoms with Crippen LogP contribution in [-0.2, 0) is 4.79 Å². The van der Waals surface area contributed by atoms with Gasteiger partial charge in [-0.3, -0.25) is 4.79 Å². The summed E-state index contributed by atoms with van der Waals surface area (Å²) in [5.74, 6) is -0.684. The minimum atomic E-state index is -0.323. The van der Waals surface area contributed by atoms with E-state index in [-0.39, 0.29) is 28.6 Å². The normalized spacial score (nSPS) is 11.8. The maximum atomic E-state index is 12.8. The Hall–Kier alpha value is -1.06. The zero-order chi connectivity index (χ0) is 13.5. The smallest absolute Gasteiger partial charge is 0.220 e. The number of hydrogen-bond acceptors (Lipinski definition) is 1. The number of rotatable bonds is 5. The Balaban J connectivity index is 2.88. The number of benzene rings is 1. The van der Waals surface area contributed by atoms with E-state index in [2.05, 4.69) is 5.32 Å². The highest BCUT2D eigenvalue weighted by Crippen LogP contribution is 2.25. The Morgan fingerprint density at radius 1 is 1.39 bits per heavy atom. The van der Waals surface area contributed by atoms with E-state index in [0.717, 1.165) is 5.56 Å². The third kappa shape index (κ3) is 5.07. The number of nitrogens with one attached hydrogen (secondary N) is 1. The van der Waals surface area contributed by atoms with Crippen molar-refractivity contribution in [2.45, 2.75) is 19.3 Å². The molecule has 98 valence electrons. The Bertz CT molecular complexity index is 427. The molecule has 1 amide bonds. The van der Waals surface area contributed by atoms with Crippen LogP contribution in [0, 0.1) is 5.82 Å². The maximum Gasteiger partial charge on any atom is 0.220 e. The lowest BCUT2D eigenvalue weighted by molar-refractivity contribution is -0.121. The molecule has 18 heavy (non-hydrogen) atoms. The number of carbonyl (C=O) groups is 1. The van der Waals surface area contributed by atoms with Crippen LogP contribution in [0.15, 0.2) is 34.8 Å². The molecule has 1 rings (SSSR count). The molecule has 0 aliphatic rings. The fourth-order valence-electron chi connectivity index (χ4n) is 1.60. The zero-order valence-corrected chi connectivity index (χ0v) is 11.4. The third-order valence-electron chi connectivity index (χ3n) is 2.40. The van der Waals surface area contributed by atoms with Crippen molar-refractivity contribution in [3.63, 3.8) is 0 Å². The van der Waals surface area contributed by atoms with Crippen molar-refractivity contribution in [1.82, 2.24) is 5.32 Å². The molecule has 0 aliphatic heterocycles. The number of halogens is 3. The Kier molecular flexibility index (Phi) is 6.16. The van der Waals surface area contributed by atoms with Gasteiger partial charge in [-0.15, -0.1) is 0 Å². The van der Waals surface area contributed by atoms with Crippen LogP contribution in [0.1, 0.15) is 24.8 Å². The van der Waals surface area contributed by atoms with E-state index in [1.165, 1.54) is 12.1 Å². The summed E-state index contributed by atoms with van der Waals surface area (Å²) in [7, 11) is 0. The average molecular weight is 290 g/mol. The van der Waals surface area contributed by atoms with Crippen LogP contribution in [-0.4, -0.2) is 12.5 Å². The van der Waals surface area contributed by atoms with Gasteiger partial charge in [-0.1, -0.05) is 35.3 Å². The molecule has 2 nitrogen and oxygen atoms in total. The summed E-state index contributed by atoms with van der Waals surface area (Å²) in [5, 5.41) is 2.70. The molecule has 0 aromatic heterocycles. The van der Waals surface area contributed by atoms with Gasteiger partial charge in [0.2, 0.25) is 5.91 Å². The monoisotopic (exact) mass is 289 g/mol. The molecule has 0 saturated heterocycles. The van der Waals surface area contributed by atoms with E-state index < -0.39 is 0 Å². The maximum absolute atomic E-state index is 12.8. The van der Waals surface area contributed by atoms with Crippen LogP contribution in [0.4, 0.5) is 4.39 Å². The molecular formula is C13H14Cl2FNO. The molecule has 0 radical (unpaired) electrons. The van der Waals surface area contributed by atoms with Gasteiger partial charge in [0, 0.05) is 18.9 Å². The quantitative estimate of drug-likeness (QED) is 0.879. The number of hydrogen-bond donors (Lipinski definition) is 1. The van der Waals surface area contributed by atoms with E-state index >= 15 is 0 Å². The Morgan fingerprint density at radius 3 is 2.50 bits per heavy atom. The number of amides is 1. The second-order valence-electron chi connectivity index (χ2n) is 3.77. The van der Waals surface area contributed by atoms with E-state index in [9.17, 15) is 9.18 Å². The van der Waals surface area contributed by atoms with Gasteiger partial charge in [0.25, 0.3) is 0 Å². The summed E-state index contributed by atoms with van der Waals surface area (Å²) < 4.78 is 12.9. The molecule has 0 bridgehead atoms. The standard InChI is InChI=1S/C13H14Cl2FNO/c1-2-17-13(18)8-10(7-12(14)15)9-3-5-11(16)6-4-9/h3-7,10H,2,8H2,1H3,(H,17,18)/t10-/m0/s1. The van der Waals surface area contributed by atoms with Crippen LogP contribution in [0.3, 0.4) is 0 Å². The van der Waals surface area contributed by atoms with Gasteiger partial charge < -0.3 is 5.32 Å². The van der Waals surface area contributed by atoms with Gasteiger partial charge in [0.05, 0.1) is 0 Å². The van der Waals surface area contributed by atoms with Crippen molar-refractivity contribution in [3.8, 4) is 0 Å². The van der Waals surface area contributed by atoms with Crippen LogP contribution >= 0.6 is 23.2 Å². The summed E-state index contributed by atoms with van der Waals surface area (Å²) >= 11 is 11.3. The Morgan fingerprint density at radius 2 is 2.00 bits per heavy atom. The van der Waals surface area contributed by atoms with E-state index in [0.29, 0.717) is 6.54 Å². The third-order valence-corrected chi connectivity index (χ3v) is 2.66. The van der Waals surface area contributed by atoms with E-state index in [4.69, 9.17) is 23.2 Å². The molecule has 0 fully saturated rings. The summed E-state index contributed by atoms with van der Waals surface area (Å²) in [5.41, 5.74) is 0.793. The summed E-state index contributed by atoms with van der Waals surface area (Å²) in [6.45, 7) is 2.41. The first kappa shape index (κ1) is 15.0. The molecule has 5 heteroatoms. The first-order valence-electron chi connectivity index (χ1n) is 5.58. The Labute approximate surface area is 116 Å². The van der Waals surface area contributed by atoms with E-state index in [1.807, 2.05) is 6.92 Å². The van der Waals surface area contributed by atoms with Gasteiger partial charge in [0.1, 0.15) is 10.3 Å². The summed E-state index contributed by atoms with van der Waals surface area (Å²) in [6, 6.07) is 5.92. The molecular weight excluding hydrogens is 276 g/mol. The highest BCUT2D eigenvalue weighted by Gasteiger charge is 2.14. The van der Waals surface area contributed by atoms with Crippen LogP contribution < -0.4 is 5.32 Å². The molecule has 0 saturated carbocycles. The predicted octanol–water partition coefficient (Wildman–Crippen LogP) is 3.75. The van der Waals surface area contributed by atoms with Crippen molar-refractivity contribution in [1.29, 1.82) is 0 Å². The average Bonchev–Trinajstić information content (AvgIpc) is 2.28. The van der Waals surface area contributed by atoms with Crippen molar-refractivity contribution in [2.75, 3.05) is 6.54 Å². The van der Waals surface area contributed by atoms with Crippen molar-refractivity contribution < 1.29 is 9.18 Å². The molecule has 0 aliphatic carbocycles. The lowest BCUT2D eigenvalue weighted by Crippen LogP contribution is -2.24. The largest absolute Gasteiger partial charge is 0.356 e. The fraction of sp³-hybridized carbons (Fsp3) is 0.308. The minimum absolute atomic E-state index is 0.0913. The molecule has 0 spiro atoms. The highest BCUT2D eigenvalue weighted by molar-refractivity contribution is 6.55. The zero-order valence-electron chi connectivity index (χ0n) is 9.92. The van der Waals surface area contributed by atoms with Crippen LogP contribution in [0.25, 0.3) is 0 Å². The van der Waals surface area contributed by atoms with Gasteiger partial charge in [-0.2, -0.15) is 0 Å². The minimum Gasteiger partial charge on any atom is -0.356 e. The SMILES string of the molecule is CCNC(=O)C[C@H](C=C(Cl)Cl)c1ccc(F)cc1. The molecule has 1 N–H and O–H groups in total. The first-order valence-corrected chi connectivity index (χ1v) is 6.33. The van der Waals surface area contributed by atoms with Crippen LogP contribution in [0.5, 0.6) is 0 Å². The number of carbonyl (C=O) groups excluding carboxylic acids is 1. The highest BCUT2D eigenvalue weighted by atomic mass is 35.5. The predicted molar refractivity (Wildman–Crippen MR) is 72.2 cm³/mol. The molecule has 0 heterocycles. The molecule has 1 aromatic carbocycles. The fourth-order valence-corrected chi connectivity index (χ4v) is 1.91. The molecule has 1 atom stereocenters. The van der Waals surface area contributed by atoms with Crippen molar-refractivity contribution in [3.05, 3.63) is 46.2 Å². The summed E-state index contributed by atoms with van der Waals surface area (Å²) in [4.78, 5) is 11.6. The lowest BCUT2D eigenvalue weighted by Gasteiger charge is -2.13. The van der Waals surface area contributed by atoms with Gasteiger partial charge in [-0.05, 0) is 30.7 Å². The number of allylic oxidation sites excluding steroid dienone is 1. The van der Waals surface area contributed by atoms with Gasteiger partial charge >= 0.3 is 0 Å². The topological polar surface area (TPSA) is 29.1 Å². The lowest BCUT2D eigenvalue weighted by atomic mass is 9.95. The van der Waals surface area contributed by atoms with Gasteiger partial charge in [-0.25, -0.2) is 4.39 Å².